The minimum Gasteiger partial charge on any atom is -0.379 e. The lowest BCUT2D eigenvalue weighted by molar-refractivity contribution is 0.193. The lowest BCUT2D eigenvalue weighted by Gasteiger charge is -2.22. The number of ether oxygens (including phenoxy) is 1. The molecule has 0 spiro atoms. The van der Waals surface area contributed by atoms with Gasteiger partial charge in [0.25, 0.3) is 0 Å². The minimum absolute atomic E-state index is 0.491. The van der Waals surface area contributed by atoms with Crippen molar-refractivity contribution in [3.63, 3.8) is 0 Å². The van der Waals surface area contributed by atoms with Crippen molar-refractivity contribution in [3.05, 3.63) is 10.6 Å². The first kappa shape index (κ1) is 15.3. The Morgan fingerprint density at radius 1 is 1.43 bits per heavy atom. The Kier molecular flexibility index (Phi) is 4.82. The highest BCUT2D eigenvalue weighted by Crippen LogP contribution is 2.34. The third-order valence-corrected chi connectivity index (χ3v) is 5.84. The Hall–Kier alpha value is -0.650. The number of aromatic nitrogens is 1. The maximum atomic E-state index is 5.52. The van der Waals surface area contributed by atoms with E-state index < -0.39 is 0 Å². The summed E-state index contributed by atoms with van der Waals surface area (Å²) >= 11 is 1.86. The highest BCUT2D eigenvalue weighted by molar-refractivity contribution is 7.15. The number of hydrogen-bond acceptors (Lipinski definition) is 5. The van der Waals surface area contributed by atoms with Gasteiger partial charge in [-0.25, -0.2) is 4.98 Å². The van der Waals surface area contributed by atoms with Crippen LogP contribution in [0.2, 0.25) is 0 Å². The van der Waals surface area contributed by atoms with E-state index in [1.165, 1.54) is 23.4 Å². The first-order valence-corrected chi connectivity index (χ1v) is 9.04. The Bertz CT molecular complexity index is 466. The quantitative estimate of drug-likeness (QED) is 0.839. The molecule has 0 aromatic carbocycles. The van der Waals surface area contributed by atoms with Crippen molar-refractivity contribution in [2.45, 2.75) is 64.1 Å². The van der Waals surface area contributed by atoms with Gasteiger partial charge in [0.1, 0.15) is 0 Å². The maximum Gasteiger partial charge on any atom is 0.185 e. The number of nitrogens with one attached hydrogen (secondary N) is 1. The van der Waals surface area contributed by atoms with Crippen LogP contribution in [0.1, 0.15) is 56.0 Å². The van der Waals surface area contributed by atoms with Crippen LogP contribution < -0.4 is 10.2 Å². The molecule has 1 aromatic rings. The normalized spacial score (nSPS) is 23.5. The fourth-order valence-electron chi connectivity index (χ4n) is 2.71. The Balaban J connectivity index is 1.75. The van der Waals surface area contributed by atoms with Gasteiger partial charge in [-0.2, -0.15) is 0 Å². The van der Waals surface area contributed by atoms with E-state index in [-0.39, 0.29) is 0 Å². The average molecular weight is 309 g/mol. The summed E-state index contributed by atoms with van der Waals surface area (Å²) in [5, 5.41) is 4.80. The molecule has 2 aliphatic rings. The second-order valence-corrected chi connectivity index (χ2v) is 7.46. The van der Waals surface area contributed by atoms with Gasteiger partial charge in [0, 0.05) is 31.1 Å². The van der Waals surface area contributed by atoms with Crippen LogP contribution in [0.15, 0.2) is 0 Å². The predicted molar refractivity (Wildman–Crippen MR) is 88.3 cm³/mol. The van der Waals surface area contributed by atoms with E-state index in [2.05, 4.69) is 31.1 Å². The van der Waals surface area contributed by atoms with Crippen molar-refractivity contribution in [1.29, 1.82) is 0 Å². The molecular formula is C16H27N3OS. The summed E-state index contributed by atoms with van der Waals surface area (Å²) in [5.74, 6) is 0.541. The van der Waals surface area contributed by atoms with Crippen molar-refractivity contribution in [1.82, 2.24) is 10.3 Å². The molecule has 2 unspecified atom stereocenters. The monoisotopic (exact) mass is 309 g/mol. The molecule has 118 valence electrons. The van der Waals surface area contributed by atoms with Crippen molar-refractivity contribution in [2.24, 2.45) is 0 Å². The van der Waals surface area contributed by atoms with E-state index in [0.717, 1.165) is 43.8 Å². The molecule has 2 heterocycles. The molecule has 1 aliphatic heterocycles. The van der Waals surface area contributed by atoms with E-state index in [9.17, 15) is 0 Å². The largest absolute Gasteiger partial charge is 0.379 e. The predicted octanol–water partition coefficient (Wildman–Crippen LogP) is 3.13. The van der Waals surface area contributed by atoms with Crippen LogP contribution in [0.3, 0.4) is 0 Å². The highest BCUT2D eigenvalue weighted by Gasteiger charge is 2.26. The molecule has 3 rings (SSSR count). The number of rotatable bonds is 7. The molecule has 1 saturated heterocycles. The van der Waals surface area contributed by atoms with Gasteiger partial charge in [0.15, 0.2) is 5.13 Å². The first-order valence-electron chi connectivity index (χ1n) is 8.22. The smallest absolute Gasteiger partial charge is 0.185 e. The second kappa shape index (κ2) is 6.63. The van der Waals surface area contributed by atoms with Crippen molar-refractivity contribution in [3.8, 4) is 0 Å². The van der Waals surface area contributed by atoms with Gasteiger partial charge in [-0.1, -0.05) is 13.8 Å². The molecule has 2 fully saturated rings. The summed E-state index contributed by atoms with van der Waals surface area (Å²) < 4.78 is 5.52. The van der Waals surface area contributed by atoms with Gasteiger partial charge in [-0.05, 0) is 31.6 Å². The average Bonchev–Trinajstić information content (AvgIpc) is 3.02. The fourth-order valence-corrected chi connectivity index (χ4v) is 3.88. The number of hydrogen-bond donors (Lipinski definition) is 1. The van der Waals surface area contributed by atoms with Gasteiger partial charge < -0.3 is 15.0 Å². The van der Waals surface area contributed by atoms with Crippen molar-refractivity contribution >= 4 is 16.5 Å². The van der Waals surface area contributed by atoms with E-state index in [4.69, 9.17) is 9.72 Å². The standard InChI is InChI=1S/C16H27N3OS/c1-4-11(2)15-14(9-17-12-5-6-12)21-16(18-15)19(3)13-7-8-20-10-13/h11-13,17H,4-10H2,1-3H3. The van der Waals surface area contributed by atoms with E-state index in [0.29, 0.717) is 12.0 Å². The van der Waals surface area contributed by atoms with Crippen LogP contribution in [0.4, 0.5) is 5.13 Å². The molecule has 5 heteroatoms. The zero-order valence-corrected chi connectivity index (χ0v) is 14.2. The maximum absolute atomic E-state index is 5.52. The molecule has 2 atom stereocenters. The van der Waals surface area contributed by atoms with Crippen molar-refractivity contribution in [2.75, 3.05) is 25.2 Å². The fraction of sp³-hybridized carbons (Fsp3) is 0.812. The molecule has 21 heavy (non-hydrogen) atoms. The summed E-state index contributed by atoms with van der Waals surface area (Å²) in [7, 11) is 2.16. The van der Waals surface area contributed by atoms with E-state index in [1.807, 2.05) is 11.3 Å². The molecule has 0 amide bonds. The Labute approximate surface area is 131 Å². The van der Waals surface area contributed by atoms with Crippen LogP contribution in [0.25, 0.3) is 0 Å². The van der Waals surface area contributed by atoms with Gasteiger partial charge in [0.05, 0.1) is 18.3 Å². The number of nitrogens with zero attached hydrogens (tertiary/aromatic N) is 2. The molecule has 1 N–H and O–H groups in total. The third kappa shape index (κ3) is 3.58. The van der Waals surface area contributed by atoms with Gasteiger partial charge in [-0.3, -0.25) is 0 Å². The summed E-state index contributed by atoms with van der Waals surface area (Å²) in [4.78, 5) is 8.72. The SMILES string of the molecule is CCC(C)c1nc(N(C)C2CCOC2)sc1CNC1CC1. The molecule has 1 saturated carbocycles. The van der Waals surface area contributed by atoms with E-state index >= 15 is 0 Å². The van der Waals surface area contributed by atoms with Gasteiger partial charge in [0.2, 0.25) is 0 Å². The molecule has 0 radical (unpaired) electrons. The van der Waals surface area contributed by atoms with Crippen LogP contribution >= 0.6 is 11.3 Å². The molecule has 0 bridgehead atoms. The first-order chi connectivity index (χ1) is 10.2. The summed E-state index contributed by atoms with van der Waals surface area (Å²) in [6.45, 7) is 7.24. The minimum atomic E-state index is 0.491. The molecule has 1 aromatic heterocycles. The molecule has 1 aliphatic carbocycles. The van der Waals surface area contributed by atoms with Crippen LogP contribution in [-0.4, -0.2) is 37.3 Å². The lowest BCUT2D eigenvalue weighted by Crippen LogP contribution is -2.31. The number of thiazole rings is 1. The van der Waals surface area contributed by atoms with Crippen LogP contribution in [0, 0.1) is 0 Å². The highest BCUT2D eigenvalue weighted by atomic mass is 32.1. The number of anilines is 1. The second-order valence-electron chi connectivity index (χ2n) is 6.40. The lowest BCUT2D eigenvalue weighted by atomic mass is 10.0. The van der Waals surface area contributed by atoms with Crippen LogP contribution in [0.5, 0.6) is 0 Å². The van der Waals surface area contributed by atoms with Crippen LogP contribution in [-0.2, 0) is 11.3 Å². The summed E-state index contributed by atoms with van der Waals surface area (Å²) in [5.41, 5.74) is 1.30. The van der Waals surface area contributed by atoms with E-state index in [1.54, 1.807) is 0 Å². The molecule has 4 nitrogen and oxygen atoms in total. The summed E-state index contributed by atoms with van der Waals surface area (Å²) in [6, 6.07) is 1.24. The third-order valence-electron chi connectivity index (χ3n) is 4.68. The zero-order valence-electron chi connectivity index (χ0n) is 13.4. The Morgan fingerprint density at radius 2 is 2.24 bits per heavy atom. The van der Waals surface area contributed by atoms with Gasteiger partial charge in [-0.15, -0.1) is 11.3 Å². The molecular weight excluding hydrogens is 282 g/mol. The van der Waals surface area contributed by atoms with Gasteiger partial charge >= 0.3 is 0 Å². The number of likely N-dealkylation sites (N-methyl/N-ethyl adjacent to an activating group) is 1. The summed E-state index contributed by atoms with van der Waals surface area (Å²) in [6.07, 6.45) is 4.94. The van der Waals surface area contributed by atoms with Crippen molar-refractivity contribution < 1.29 is 4.74 Å². The Morgan fingerprint density at radius 3 is 2.86 bits per heavy atom. The topological polar surface area (TPSA) is 37.4 Å². The zero-order chi connectivity index (χ0) is 14.8.